The summed E-state index contributed by atoms with van der Waals surface area (Å²) in [5.41, 5.74) is -1.36. The molecule has 0 aromatic heterocycles. The smallest absolute Gasteiger partial charge is 0.309 e. The molecule has 0 unspecified atom stereocenters. The van der Waals surface area contributed by atoms with Crippen molar-refractivity contribution in [2.75, 3.05) is 0 Å². The van der Waals surface area contributed by atoms with Gasteiger partial charge in [0, 0.05) is 10.8 Å². The molecule has 2 aliphatic carbocycles. The second kappa shape index (κ2) is 4.19. The van der Waals surface area contributed by atoms with E-state index in [0.29, 0.717) is 12.8 Å². The SMILES string of the molecule is CC(C)(C)OC(=O)[C@@H]1C[C@]2(C)CC=C[C@](C)(C1)C2=O. The molecule has 0 amide bonds. The summed E-state index contributed by atoms with van der Waals surface area (Å²) in [4.78, 5) is 24.8. The molecule has 2 aliphatic rings. The Bertz CT molecular complexity index is 443. The van der Waals surface area contributed by atoms with E-state index in [9.17, 15) is 9.59 Å². The summed E-state index contributed by atoms with van der Waals surface area (Å²) in [6, 6.07) is 0. The molecule has 106 valence electrons. The summed E-state index contributed by atoms with van der Waals surface area (Å²) in [6.45, 7) is 9.56. The van der Waals surface area contributed by atoms with Gasteiger partial charge in [-0.25, -0.2) is 0 Å². The van der Waals surface area contributed by atoms with Gasteiger partial charge in [0.2, 0.25) is 0 Å². The van der Waals surface area contributed by atoms with Crippen LogP contribution >= 0.6 is 0 Å². The summed E-state index contributed by atoms with van der Waals surface area (Å²) in [5, 5.41) is 0. The van der Waals surface area contributed by atoms with Crippen LogP contribution in [0.3, 0.4) is 0 Å². The van der Waals surface area contributed by atoms with E-state index < -0.39 is 16.4 Å². The van der Waals surface area contributed by atoms with Crippen molar-refractivity contribution in [2.24, 2.45) is 16.7 Å². The van der Waals surface area contributed by atoms with E-state index in [1.807, 2.05) is 40.7 Å². The van der Waals surface area contributed by atoms with E-state index in [-0.39, 0.29) is 17.7 Å². The van der Waals surface area contributed by atoms with Gasteiger partial charge in [0.1, 0.15) is 11.4 Å². The first-order chi connectivity index (χ1) is 8.56. The molecule has 1 saturated carbocycles. The van der Waals surface area contributed by atoms with Gasteiger partial charge in [0.25, 0.3) is 0 Å². The number of fused-ring (bicyclic) bond motifs is 2. The van der Waals surface area contributed by atoms with Crippen LogP contribution in [0, 0.1) is 16.7 Å². The van der Waals surface area contributed by atoms with Gasteiger partial charge in [-0.05, 0) is 47.0 Å². The Morgan fingerprint density at radius 3 is 2.47 bits per heavy atom. The number of ether oxygens (including phenoxy) is 1. The molecule has 2 bridgehead atoms. The number of allylic oxidation sites excluding steroid dienone is 2. The molecule has 0 radical (unpaired) electrons. The quantitative estimate of drug-likeness (QED) is 0.539. The highest BCUT2D eigenvalue weighted by Gasteiger charge is 2.53. The van der Waals surface area contributed by atoms with Gasteiger partial charge in [-0.3, -0.25) is 9.59 Å². The number of Topliss-reactive ketones (excluding diaryl/α,β-unsaturated/α-hetero) is 1. The Labute approximate surface area is 115 Å². The van der Waals surface area contributed by atoms with Crippen molar-refractivity contribution in [1.82, 2.24) is 0 Å². The van der Waals surface area contributed by atoms with Gasteiger partial charge in [0.05, 0.1) is 5.92 Å². The maximum absolute atomic E-state index is 12.5. The molecule has 19 heavy (non-hydrogen) atoms. The van der Waals surface area contributed by atoms with Gasteiger partial charge in [-0.2, -0.15) is 0 Å². The van der Waals surface area contributed by atoms with Crippen molar-refractivity contribution in [1.29, 1.82) is 0 Å². The highest BCUT2D eigenvalue weighted by Crippen LogP contribution is 2.51. The Balaban J connectivity index is 2.22. The molecule has 0 saturated heterocycles. The first-order valence-electron chi connectivity index (χ1n) is 7.01. The molecule has 0 spiro atoms. The van der Waals surface area contributed by atoms with Gasteiger partial charge < -0.3 is 4.74 Å². The van der Waals surface area contributed by atoms with Crippen LogP contribution in [-0.2, 0) is 14.3 Å². The highest BCUT2D eigenvalue weighted by atomic mass is 16.6. The Kier molecular flexibility index (Phi) is 3.15. The van der Waals surface area contributed by atoms with Crippen LogP contribution in [0.2, 0.25) is 0 Å². The molecular weight excluding hydrogens is 240 g/mol. The predicted octanol–water partition coefficient (Wildman–Crippen LogP) is 3.28. The molecule has 0 heterocycles. The number of carbonyl (C=O) groups is 2. The first kappa shape index (κ1) is 14.3. The Morgan fingerprint density at radius 1 is 1.32 bits per heavy atom. The van der Waals surface area contributed by atoms with Crippen LogP contribution in [0.5, 0.6) is 0 Å². The van der Waals surface area contributed by atoms with E-state index in [2.05, 4.69) is 6.08 Å². The molecule has 0 aliphatic heterocycles. The van der Waals surface area contributed by atoms with E-state index >= 15 is 0 Å². The van der Waals surface area contributed by atoms with E-state index in [0.717, 1.165) is 6.42 Å². The number of rotatable bonds is 1. The van der Waals surface area contributed by atoms with Gasteiger partial charge in [-0.15, -0.1) is 0 Å². The molecule has 0 aromatic rings. The lowest BCUT2D eigenvalue weighted by molar-refractivity contribution is -0.166. The molecule has 1 fully saturated rings. The van der Waals surface area contributed by atoms with Gasteiger partial charge in [0.15, 0.2) is 0 Å². The van der Waals surface area contributed by atoms with Gasteiger partial charge >= 0.3 is 5.97 Å². The van der Waals surface area contributed by atoms with Crippen LogP contribution in [0.25, 0.3) is 0 Å². The van der Waals surface area contributed by atoms with Crippen molar-refractivity contribution < 1.29 is 14.3 Å². The topological polar surface area (TPSA) is 43.4 Å². The third-order valence-corrected chi connectivity index (χ3v) is 4.23. The Morgan fingerprint density at radius 2 is 1.95 bits per heavy atom. The molecular formula is C16H24O3. The molecule has 0 aromatic carbocycles. The number of hydrogen-bond acceptors (Lipinski definition) is 3. The minimum Gasteiger partial charge on any atom is -0.460 e. The van der Waals surface area contributed by atoms with Crippen LogP contribution in [0.15, 0.2) is 12.2 Å². The predicted molar refractivity (Wildman–Crippen MR) is 73.5 cm³/mol. The molecule has 2 rings (SSSR count). The summed E-state index contributed by atoms with van der Waals surface area (Å²) in [6.07, 6.45) is 5.99. The molecule has 0 N–H and O–H groups in total. The second-order valence-corrected chi connectivity index (χ2v) is 7.55. The summed E-state index contributed by atoms with van der Waals surface area (Å²) >= 11 is 0. The second-order valence-electron chi connectivity index (χ2n) is 7.55. The maximum atomic E-state index is 12.5. The lowest BCUT2D eigenvalue weighted by Gasteiger charge is -2.47. The minimum atomic E-state index is -0.493. The van der Waals surface area contributed by atoms with E-state index in [4.69, 9.17) is 4.74 Å². The fourth-order valence-corrected chi connectivity index (χ4v) is 3.45. The van der Waals surface area contributed by atoms with Crippen molar-refractivity contribution in [3.05, 3.63) is 12.2 Å². The van der Waals surface area contributed by atoms with Crippen LogP contribution in [0.1, 0.15) is 53.9 Å². The third kappa shape index (κ3) is 2.60. The number of esters is 1. The van der Waals surface area contributed by atoms with Crippen LogP contribution < -0.4 is 0 Å². The van der Waals surface area contributed by atoms with Crippen molar-refractivity contribution >= 4 is 11.8 Å². The fourth-order valence-electron chi connectivity index (χ4n) is 3.45. The molecule has 3 nitrogen and oxygen atoms in total. The lowest BCUT2D eigenvalue weighted by atomic mass is 9.55. The number of ketones is 1. The van der Waals surface area contributed by atoms with Crippen molar-refractivity contribution in [3.8, 4) is 0 Å². The Hall–Kier alpha value is -1.12. The van der Waals surface area contributed by atoms with E-state index in [1.54, 1.807) is 0 Å². The van der Waals surface area contributed by atoms with Gasteiger partial charge in [-0.1, -0.05) is 19.1 Å². The number of carbonyl (C=O) groups excluding carboxylic acids is 2. The minimum absolute atomic E-state index is 0.159. The standard InChI is InChI=1S/C16H24O3/c1-14(2,3)19-12(17)11-9-15(4)7-6-8-16(5,10-11)13(15)18/h6-7,11H,8-10H2,1-5H3/t11-,15+,16-/m0/s1. The third-order valence-electron chi connectivity index (χ3n) is 4.23. The van der Waals surface area contributed by atoms with Crippen LogP contribution in [-0.4, -0.2) is 17.4 Å². The number of hydrogen-bond donors (Lipinski definition) is 0. The zero-order valence-corrected chi connectivity index (χ0v) is 12.6. The summed E-state index contributed by atoms with van der Waals surface area (Å²) in [7, 11) is 0. The van der Waals surface area contributed by atoms with Crippen molar-refractivity contribution in [3.63, 3.8) is 0 Å². The fraction of sp³-hybridized carbons (Fsp3) is 0.750. The molecule has 3 atom stereocenters. The maximum Gasteiger partial charge on any atom is 0.309 e. The van der Waals surface area contributed by atoms with E-state index in [1.165, 1.54) is 0 Å². The normalized spacial score (nSPS) is 38.2. The largest absolute Gasteiger partial charge is 0.460 e. The van der Waals surface area contributed by atoms with Crippen molar-refractivity contribution in [2.45, 2.75) is 59.5 Å². The highest BCUT2D eigenvalue weighted by molar-refractivity contribution is 5.95. The average molecular weight is 264 g/mol. The zero-order chi connectivity index (χ0) is 14.5. The van der Waals surface area contributed by atoms with Crippen LogP contribution in [0.4, 0.5) is 0 Å². The zero-order valence-electron chi connectivity index (χ0n) is 12.6. The average Bonchev–Trinajstić information content (AvgIpc) is 2.20. The lowest BCUT2D eigenvalue weighted by Crippen LogP contribution is -2.50. The molecule has 3 heteroatoms. The monoisotopic (exact) mass is 264 g/mol. The summed E-state index contributed by atoms with van der Waals surface area (Å²) in [5.74, 6) is -0.0491. The summed E-state index contributed by atoms with van der Waals surface area (Å²) < 4.78 is 5.49. The first-order valence-corrected chi connectivity index (χ1v) is 7.01.